The lowest BCUT2D eigenvalue weighted by molar-refractivity contribution is -0.142. The summed E-state index contributed by atoms with van der Waals surface area (Å²) in [5, 5.41) is 12.3. The van der Waals surface area contributed by atoms with Crippen LogP contribution in [0.25, 0.3) is 0 Å². The molecule has 1 aliphatic rings. The number of ether oxygens (including phenoxy) is 2. The molecule has 0 aromatic heterocycles. The van der Waals surface area contributed by atoms with Crippen LogP contribution in [-0.2, 0) is 14.3 Å². The number of hydrogen-bond donors (Lipinski definition) is 2. The number of carboxylic acid groups (broad SMARTS) is 1. The average molecular weight is 334 g/mol. The molecule has 0 saturated carbocycles. The van der Waals surface area contributed by atoms with E-state index in [-0.39, 0.29) is 19.8 Å². The quantitative estimate of drug-likeness (QED) is 0.854. The van der Waals surface area contributed by atoms with Gasteiger partial charge in [0.05, 0.1) is 24.3 Å². The van der Waals surface area contributed by atoms with Crippen LogP contribution in [0.3, 0.4) is 0 Å². The minimum absolute atomic E-state index is 0.0875. The number of carboxylic acids is 1. The van der Waals surface area contributed by atoms with E-state index in [1.54, 1.807) is 12.1 Å². The molecule has 1 aromatic rings. The first kappa shape index (κ1) is 15.9. The second-order valence-electron chi connectivity index (χ2n) is 4.52. The largest absolute Gasteiger partial charge is 0.482 e. The molecular formula is C13H13Cl2NO5. The maximum atomic E-state index is 11.8. The first-order valence-corrected chi connectivity index (χ1v) is 6.90. The number of carbonyl (C=O) groups excluding carboxylic acids is 1. The zero-order valence-corrected chi connectivity index (χ0v) is 12.4. The number of aliphatic carboxylic acids is 1. The Morgan fingerprint density at radius 1 is 1.38 bits per heavy atom. The lowest BCUT2D eigenvalue weighted by Crippen LogP contribution is -2.44. The van der Waals surface area contributed by atoms with Gasteiger partial charge in [0.2, 0.25) is 0 Å². The van der Waals surface area contributed by atoms with Crippen molar-refractivity contribution in [2.75, 3.05) is 19.8 Å². The van der Waals surface area contributed by atoms with Crippen molar-refractivity contribution in [2.24, 2.45) is 5.92 Å². The molecule has 1 heterocycles. The van der Waals surface area contributed by atoms with Gasteiger partial charge in [-0.05, 0) is 18.2 Å². The van der Waals surface area contributed by atoms with Gasteiger partial charge in [0, 0.05) is 5.02 Å². The minimum atomic E-state index is -1.00. The fourth-order valence-electron chi connectivity index (χ4n) is 1.92. The van der Waals surface area contributed by atoms with Crippen molar-refractivity contribution in [3.63, 3.8) is 0 Å². The Morgan fingerprint density at radius 3 is 2.81 bits per heavy atom. The van der Waals surface area contributed by atoms with Crippen molar-refractivity contribution in [2.45, 2.75) is 6.04 Å². The summed E-state index contributed by atoms with van der Waals surface area (Å²) < 4.78 is 10.3. The predicted molar refractivity (Wildman–Crippen MR) is 75.8 cm³/mol. The van der Waals surface area contributed by atoms with Crippen LogP contribution < -0.4 is 10.1 Å². The summed E-state index contributed by atoms with van der Waals surface area (Å²) in [6, 6.07) is 4.09. The van der Waals surface area contributed by atoms with Crippen LogP contribution in [0, 0.1) is 5.92 Å². The summed E-state index contributed by atoms with van der Waals surface area (Å²) in [5.74, 6) is -1.86. The molecular weight excluding hydrogens is 321 g/mol. The van der Waals surface area contributed by atoms with Crippen molar-refractivity contribution in [3.8, 4) is 5.75 Å². The molecule has 1 aliphatic heterocycles. The van der Waals surface area contributed by atoms with Crippen LogP contribution in [0.1, 0.15) is 0 Å². The molecule has 1 amide bonds. The van der Waals surface area contributed by atoms with Gasteiger partial charge in [0.15, 0.2) is 6.61 Å². The monoisotopic (exact) mass is 333 g/mol. The summed E-state index contributed by atoms with van der Waals surface area (Å²) in [7, 11) is 0. The number of amides is 1. The third-order valence-corrected chi connectivity index (χ3v) is 3.53. The number of benzene rings is 1. The highest BCUT2D eigenvalue weighted by molar-refractivity contribution is 6.35. The molecule has 0 aliphatic carbocycles. The van der Waals surface area contributed by atoms with Gasteiger partial charge in [0.25, 0.3) is 5.91 Å². The van der Waals surface area contributed by atoms with Crippen molar-refractivity contribution in [1.82, 2.24) is 5.32 Å². The maximum absolute atomic E-state index is 11.8. The molecule has 0 bridgehead atoms. The van der Waals surface area contributed by atoms with E-state index in [1.807, 2.05) is 0 Å². The fraction of sp³-hybridized carbons (Fsp3) is 0.385. The van der Waals surface area contributed by atoms with Gasteiger partial charge in [-0.2, -0.15) is 0 Å². The van der Waals surface area contributed by atoms with E-state index in [1.165, 1.54) is 6.07 Å². The molecule has 1 aromatic carbocycles. The van der Waals surface area contributed by atoms with Gasteiger partial charge < -0.3 is 19.9 Å². The molecule has 2 unspecified atom stereocenters. The predicted octanol–water partition coefficient (Wildman–Crippen LogP) is 1.59. The molecule has 6 nitrogen and oxygen atoms in total. The lowest BCUT2D eigenvalue weighted by atomic mass is 10.0. The molecule has 0 spiro atoms. The molecule has 114 valence electrons. The Bertz CT molecular complexity index is 551. The standard InChI is InChI=1S/C13H13Cl2NO5/c14-7-1-2-11(9(15)3-7)21-6-12(17)16-10-5-20-4-8(10)13(18)19/h1-3,8,10H,4-6H2,(H,16,17)(H,18,19). The molecule has 21 heavy (non-hydrogen) atoms. The van der Waals surface area contributed by atoms with E-state index in [0.29, 0.717) is 15.8 Å². The van der Waals surface area contributed by atoms with Crippen LogP contribution >= 0.6 is 23.2 Å². The Hall–Kier alpha value is -1.50. The third kappa shape index (κ3) is 4.23. The zero-order chi connectivity index (χ0) is 15.4. The highest BCUT2D eigenvalue weighted by Crippen LogP contribution is 2.27. The number of carbonyl (C=O) groups is 2. The van der Waals surface area contributed by atoms with Gasteiger partial charge in [-0.1, -0.05) is 23.2 Å². The van der Waals surface area contributed by atoms with Crippen molar-refractivity contribution in [3.05, 3.63) is 28.2 Å². The van der Waals surface area contributed by atoms with Crippen molar-refractivity contribution in [1.29, 1.82) is 0 Å². The fourth-order valence-corrected chi connectivity index (χ4v) is 2.39. The van der Waals surface area contributed by atoms with E-state index in [2.05, 4.69) is 5.32 Å². The van der Waals surface area contributed by atoms with Gasteiger partial charge in [-0.25, -0.2) is 0 Å². The van der Waals surface area contributed by atoms with Crippen LogP contribution in [-0.4, -0.2) is 42.8 Å². The third-order valence-electron chi connectivity index (χ3n) is 3.00. The average Bonchev–Trinajstić information content (AvgIpc) is 2.86. The summed E-state index contributed by atoms with van der Waals surface area (Å²) in [6.45, 7) is -0.0151. The normalized spacial score (nSPS) is 21.0. The summed E-state index contributed by atoms with van der Waals surface area (Å²) in [6.07, 6.45) is 0. The summed E-state index contributed by atoms with van der Waals surface area (Å²) >= 11 is 11.7. The minimum Gasteiger partial charge on any atom is -0.482 e. The molecule has 1 saturated heterocycles. The Kier molecular flexibility index (Phi) is 5.27. The Labute approximate surface area is 130 Å². The SMILES string of the molecule is O=C(COc1ccc(Cl)cc1Cl)NC1COCC1C(=O)O. The lowest BCUT2D eigenvalue weighted by Gasteiger charge is -2.16. The van der Waals surface area contributed by atoms with Gasteiger partial charge in [-0.15, -0.1) is 0 Å². The Balaban J connectivity index is 1.86. The highest BCUT2D eigenvalue weighted by atomic mass is 35.5. The second kappa shape index (κ2) is 6.98. The number of halogens is 2. The Morgan fingerprint density at radius 2 is 2.14 bits per heavy atom. The van der Waals surface area contributed by atoms with Crippen molar-refractivity contribution >= 4 is 35.1 Å². The van der Waals surface area contributed by atoms with Crippen molar-refractivity contribution < 1.29 is 24.2 Å². The topological polar surface area (TPSA) is 84.9 Å². The second-order valence-corrected chi connectivity index (χ2v) is 5.36. The van der Waals surface area contributed by atoms with Crippen LogP contribution in [0.15, 0.2) is 18.2 Å². The molecule has 2 N–H and O–H groups in total. The van der Waals surface area contributed by atoms with Gasteiger partial charge in [-0.3, -0.25) is 9.59 Å². The van der Waals surface area contributed by atoms with E-state index >= 15 is 0 Å². The maximum Gasteiger partial charge on any atom is 0.311 e. The van der Waals surface area contributed by atoms with E-state index < -0.39 is 23.8 Å². The van der Waals surface area contributed by atoms with E-state index in [9.17, 15) is 9.59 Å². The van der Waals surface area contributed by atoms with E-state index in [0.717, 1.165) is 0 Å². The first-order chi connectivity index (χ1) is 9.97. The van der Waals surface area contributed by atoms with Gasteiger partial charge >= 0.3 is 5.97 Å². The number of nitrogens with one attached hydrogen (secondary N) is 1. The zero-order valence-electron chi connectivity index (χ0n) is 10.8. The smallest absolute Gasteiger partial charge is 0.311 e. The van der Waals surface area contributed by atoms with Gasteiger partial charge in [0.1, 0.15) is 11.7 Å². The highest BCUT2D eigenvalue weighted by Gasteiger charge is 2.35. The molecule has 0 radical (unpaired) electrons. The first-order valence-electron chi connectivity index (χ1n) is 6.15. The van der Waals surface area contributed by atoms with E-state index in [4.69, 9.17) is 37.8 Å². The van der Waals surface area contributed by atoms with Crippen LogP contribution in [0.4, 0.5) is 0 Å². The summed E-state index contributed by atoms with van der Waals surface area (Å²) in [5.41, 5.74) is 0. The number of rotatable bonds is 5. The summed E-state index contributed by atoms with van der Waals surface area (Å²) in [4.78, 5) is 22.7. The molecule has 2 rings (SSSR count). The van der Waals surface area contributed by atoms with Crippen LogP contribution in [0.2, 0.25) is 10.0 Å². The van der Waals surface area contributed by atoms with Crippen LogP contribution in [0.5, 0.6) is 5.75 Å². The molecule has 2 atom stereocenters. The molecule has 1 fully saturated rings. The molecule has 8 heteroatoms. The number of hydrogen-bond acceptors (Lipinski definition) is 4.